The molecular weight excluding hydrogens is 550 g/mol. The number of carbonyl (C=O) groups excluding carboxylic acids is 4. The summed E-state index contributed by atoms with van der Waals surface area (Å²) in [4.78, 5) is 54.8. The monoisotopic (exact) mass is 595 g/mol. The van der Waals surface area contributed by atoms with Crippen molar-refractivity contribution >= 4 is 34.0 Å². The zero-order valence-electron chi connectivity index (χ0n) is 24.4. The van der Waals surface area contributed by atoms with Gasteiger partial charge in [-0.2, -0.15) is 12.7 Å². The van der Waals surface area contributed by atoms with Crippen LogP contribution in [0.2, 0.25) is 0 Å². The van der Waals surface area contributed by atoms with E-state index in [-0.39, 0.29) is 18.2 Å². The molecule has 0 aromatic heterocycles. The van der Waals surface area contributed by atoms with E-state index in [0.717, 1.165) is 38.5 Å². The van der Waals surface area contributed by atoms with Gasteiger partial charge in [-0.1, -0.05) is 31.4 Å². The van der Waals surface area contributed by atoms with Gasteiger partial charge in [-0.3, -0.25) is 14.4 Å². The molecule has 0 spiro atoms. The third-order valence-corrected chi connectivity index (χ3v) is 9.69. The van der Waals surface area contributed by atoms with E-state index in [9.17, 15) is 27.6 Å². The highest BCUT2D eigenvalue weighted by Crippen LogP contribution is 2.45. The van der Waals surface area contributed by atoms with Crippen molar-refractivity contribution in [3.05, 3.63) is 12.2 Å². The Labute approximate surface area is 243 Å². The third kappa shape index (κ3) is 7.79. The van der Waals surface area contributed by atoms with Crippen LogP contribution in [0.25, 0.3) is 0 Å². The fourth-order valence-corrected chi connectivity index (χ4v) is 7.21. The van der Waals surface area contributed by atoms with Crippen molar-refractivity contribution in [1.82, 2.24) is 24.6 Å². The Morgan fingerprint density at radius 3 is 2.41 bits per heavy atom. The number of hydrogen-bond acceptors (Lipinski definition) is 7. The maximum atomic E-state index is 13.7. The smallest absolute Gasteiger partial charge is 0.408 e. The summed E-state index contributed by atoms with van der Waals surface area (Å²) in [6, 6.07) is -1.68. The summed E-state index contributed by atoms with van der Waals surface area (Å²) in [5.41, 5.74) is -2.13. The van der Waals surface area contributed by atoms with Crippen LogP contribution < -0.4 is 15.4 Å². The van der Waals surface area contributed by atoms with Crippen molar-refractivity contribution in [3.63, 3.8) is 0 Å². The van der Waals surface area contributed by atoms with Gasteiger partial charge < -0.3 is 20.3 Å². The number of nitrogens with zero attached hydrogens (tertiary/aromatic N) is 2. The van der Waals surface area contributed by atoms with Crippen LogP contribution in [0.4, 0.5) is 4.79 Å². The largest absolute Gasteiger partial charge is 0.444 e. The minimum atomic E-state index is -4.04. The van der Waals surface area contributed by atoms with E-state index >= 15 is 0 Å². The van der Waals surface area contributed by atoms with Gasteiger partial charge in [-0.25, -0.2) is 9.52 Å². The number of carbonyl (C=O) groups is 4. The number of amides is 4. The fourth-order valence-electron chi connectivity index (χ4n) is 5.92. The van der Waals surface area contributed by atoms with Crippen LogP contribution in [-0.4, -0.2) is 84.3 Å². The number of nitrogens with one attached hydrogen (secondary N) is 3. The molecule has 0 radical (unpaired) electrons. The van der Waals surface area contributed by atoms with Crippen LogP contribution in [0, 0.1) is 5.92 Å². The van der Waals surface area contributed by atoms with Crippen molar-refractivity contribution < 1.29 is 32.3 Å². The summed E-state index contributed by atoms with van der Waals surface area (Å²) in [6.45, 7) is 6.28. The van der Waals surface area contributed by atoms with Gasteiger partial charge in [-0.15, -0.1) is 0 Å². The molecule has 0 aromatic carbocycles. The first-order chi connectivity index (χ1) is 19.3. The highest BCUT2D eigenvalue weighted by molar-refractivity contribution is 7.87. The molecule has 13 heteroatoms. The molecule has 4 aliphatic rings. The molecule has 1 saturated carbocycles. The summed E-state index contributed by atoms with van der Waals surface area (Å²) in [6.07, 6.45) is 10.4. The summed E-state index contributed by atoms with van der Waals surface area (Å²) >= 11 is 0. The Bertz CT molecular complexity index is 1140. The number of ether oxygens (including phenoxy) is 1. The minimum Gasteiger partial charge on any atom is -0.444 e. The summed E-state index contributed by atoms with van der Waals surface area (Å²) in [7, 11) is -4.04. The molecule has 3 N–H and O–H groups in total. The van der Waals surface area contributed by atoms with Gasteiger partial charge in [-0.05, 0) is 72.1 Å². The van der Waals surface area contributed by atoms with E-state index < -0.39 is 51.3 Å². The summed E-state index contributed by atoms with van der Waals surface area (Å²) < 4.78 is 34.9. The maximum Gasteiger partial charge on any atom is 0.408 e. The van der Waals surface area contributed by atoms with E-state index in [1.165, 1.54) is 9.21 Å². The lowest BCUT2D eigenvalue weighted by Gasteiger charge is -2.31. The number of piperidine rings is 1. The van der Waals surface area contributed by atoms with Crippen molar-refractivity contribution in [2.75, 3.05) is 19.6 Å². The molecular formula is C28H45N5O7S. The first-order valence-electron chi connectivity index (χ1n) is 14.9. The summed E-state index contributed by atoms with van der Waals surface area (Å²) in [5, 5.41) is 5.56. The SMILES string of the molecule is CC(C)(C)OC(=O)N[C@H]1CCCCC/C=C\[C@@H]2C[C@@]2(C(=O)NS(=O)(=O)N2CCCCC2)NC(=O)[C@@H]2CCCN2C1=O. The van der Waals surface area contributed by atoms with Crippen LogP contribution >= 0.6 is 0 Å². The summed E-state index contributed by atoms with van der Waals surface area (Å²) in [5.74, 6) is -1.96. The Morgan fingerprint density at radius 1 is 1.00 bits per heavy atom. The zero-order chi connectivity index (χ0) is 29.8. The van der Waals surface area contributed by atoms with Gasteiger partial charge in [0.15, 0.2) is 0 Å². The molecule has 3 aliphatic heterocycles. The molecule has 3 heterocycles. The second-order valence-corrected chi connectivity index (χ2v) is 14.3. The number of allylic oxidation sites excluding steroid dienone is 1. The van der Waals surface area contributed by atoms with Crippen LogP contribution in [0.5, 0.6) is 0 Å². The van der Waals surface area contributed by atoms with Gasteiger partial charge in [0.05, 0.1) is 0 Å². The molecule has 0 unspecified atom stereocenters. The van der Waals surface area contributed by atoms with E-state index in [1.54, 1.807) is 20.8 Å². The number of hydrogen-bond donors (Lipinski definition) is 3. The second-order valence-electron chi connectivity index (χ2n) is 12.6. The van der Waals surface area contributed by atoms with E-state index in [1.807, 2.05) is 12.2 Å². The maximum absolute atomic E-state index is 13.7. The molecule has 0 bridgehead atoms. The molecule has 12 nitrogen and oxygen atoms in total. The van der Waals surface area contributed by atoms with Crippen LogP contribution in [-0.2, 0) is 29.3 Å². The molecule has 0 aromatic rings. The highest BCUT2D eigenvalue weighted by Gasteiger charge is 2.61. The second kappa shape index (κ2) is 12.7. The van der Waals surface area contributed by atoms with Gasteiger partial charge >= 0.3 is 16.3 Å². The average molecular weight is 596 g/mol. The Morgan fingerprint density at radius 2 is 1.71 bits per heavy atom. The lowest BCUT2D eigenvalue weighted by atomic mass is 10.0. The van der Waals surface area contributed by atoms with E-state index in [2.05, 4.69) is 15.4 Å². The first kappa shape index (κ1) is 31.3. The number of fused-ring (bicyclic) bond motifs is 2. The molecule has 230 valence electrons. The van der Waals surface area contributed by atoms with Crippen LogP contribution in [0.15, 0.2) is 12.2 Å². The Kier molecular flexibility index (Phi) is 9.67. The Hall–Kier alpha value is -2.67. The van der Waals surface area contributed by atoms with E-state index in [4.69, 9.17) is 4.74 Å². The van der Waals surface area contributed by atoms with Gasteiger partial charge in [0.2, 0.25) is 11.8 Å². The lowest BCUT2D eigenvalue weighted by Crippen LogP contribution is -2.59. The molecule has 3 fully saturated rings. The first-order valence-corrected chi connectivity index (χ1v) is 16.4. The van der Waals surface area contributed by atoms with Crippen molar-refractivity contribution in [1.29, 1.82) is 0 Å². The predicted molar refractivity (Wildman–Crippen MR) is 152 cm³/mol. The molecule has 4 rings (SSSR count). The fraction of sp³-hybridized carbons (Fsp3) is 0.786. The minimum absolute atomic E-state index is 0.278. The Balaban J connectivity index is 1.53. The number of alkyl carbamates (subject to hydrolysis) is 1. The lowest BCUT2D eigenvalue weighted by molar-refractivity contribution is -0.141. The quantitative estimate of drug-likeness (QED) is 0.421. The molecule has 4 amide bonds. The zero-order valence-corrected chi connectivity index (χ0v) is 25.3. The van der Waals surface area contributed by atoms with Crippen LogP contribution in [0.3, 0.4) is 0 Å². The highest BCUT2D eigenvalue weighted by atomic mass is 32.2. The molecule has 41 heavy (non-hydrogen) atoms. The molecule has 4 atom stereocenters. The van der Waals surface area contributed by atoms with Crippen molar-refractivity contribution in [2.24, 2.45) is 5.92 Å². The normalized spacial score (nSPS) is 31.0. The van der Waals surface area contributed by atoms with Gasteiger partial charge in [0, 0.05) is 25.6 Å². The predicted octanol–water partition coefficient (Wildman–Crippen LogP) is 2.11. The topological polar surface area (TPSA) is 154 Å². The number of rotatable bonds is 4. The standard InChI is InChI=1S/C28H45N5O7S/c1-27(2,3)40-26(37)29-21-14-9-6-4-5-8-13-20-19-28(20,30-23(34)22-15-12-18-33(22)24(21)35)25(36)31-41(38,39)32-16-10-7-11-17-32/h8,13,20-22H,4-7,9-12,14-19H2,1-3H3,(H,29,37)(H,30,34)(H,31,36)/b13-8-/t20-,21+,22+,28-/m1/s1. The van der Waals surface area contributed by atoms with Crippen molar-refractivity contribution in [3.8, 4) is 0 Å². The van der Waals surface area contributed by atoms with Crippen molar-refractivity contribution in [2.45, 2.75) is 115 Å². The average Bonchev–Trinajstić information content (AvgIpc) is 3.36. The van der Waals surface area contributed by atoms with E-state index in [0.29, 0.717) is 45.3 Å². The molecule has 1 aliphatic carbocycles. The van der Waals surface area contributed by atoms with Gasteiger partial charge in [0.1, 0.15) is 23.2 Å². The van der Waals surface area contributed by atoms with Gasteiger partial charge in [0.25, 0.3) is 5.91 Å². The van der Waals surface area contributed by atoms with Crippen LogP contribution in [0.1, 0.15) is 91.4 Å². The molecule has 2 saturated heterocycles. The third-order valence-electron chi connectivity index (χ3n) is 8.20.